The Labute approximate surface area is 150 Å². The van der Waals surface area contributed by atoms with Gasteiger partial charge in [0.05, 0.1) is 15.5 Å². The Morgan fingerprint density at radius 2 is 1.58 bits per heavy atom. The topological polar surface area (TPSA) is 29.4 Å². The second-order valence-corrected chi connectivity index (χ2v) is 8.57. The molecular weight excluding hydrogens is 382 g/mol. The van der Waals surface area contributed by atoms with Gasteiger partial charge in [-0.1, -0.05) is 64.5 Å². The molecule has 1 atom stereocenters. The fourth-order valence-corrected chi connectivity index (χ4v) is 5.31. The van der Waals surface area contributed by atoms with Gasteiger partial charge in [-0.15, -0.1) is 0 Å². The van der Waals surface area contributed by atoms with E-state index < -0.39 is 9.73 Å². The van der Waals surface area contributed by atoms with E-state index in [1.54, 1.807) is 0 Å². The normalized spacial score (nSPS) is 19.1. The van der Waals surface area contributed by atoms with Gasteiger partial charge in [-0.05, 0) is 42.0 Å². The minimum atomic E-state index is -2.70. The average molecular weight is 396 g/mol. The molecule has 1 heterocycles. The van der Waals surface area contributed by atoms with Crippen LogP contribution in [0.4, 0.5) is 0 Å². The van der Waals surface area contributed by atoms with E-state index in [1.165, 1.54) is 0 Å². The molecule has 0 radical (unpaired) electrons. The van der Waals surface area contributed by atoms with Crippen LogP contribution in [0.5, 0.6) is 0 Å². The fourth-order valence-electron chi connectivity index (χ4n) is 2.78. The molecule has 0 aliphatic carbocycles. The van der Waals surface area contributed by atoms with Crippen molar-refractivity contribution in [2.24, 2.45) is 4.36 Å². The van der Waals surface area contributed by atoms with Gasteiger partial charge in [-0.2, -0.15) is 4.36 Å². The molecule has 24 heavy (non-hydrogen) atoms. The van der Waals surface area contributed by atoms with Crippen LogP contribution in [0.1, 0.15) is 11.1 Å². The summed E-state index contributed by atoms with van der Waals surface area (Å²) >= 11 is 3.49. The van der Waals surface area contributed by atoms with Gasteiger partial charge in [0.2, 0.25) is 0 Å². The van der Waals surface area contributed by atoms with E-state index >= 15 is 0 Å². The largest absolute Gasteiger partial charge is 0.239 e. The van der Waals surface area contributed by atoms with Crippen molar-refractivity contribution in [1.82, 2.24) is 0 Å². The van der Waals surface area contributed by atoms with Gasteiger partial charge in [-0.25, -0.2) is 4.21 Å². The number of rotatable bonds is 2. The van der Waals surface area contributed by atoms with E-state index in [9.17, 15) is 4.21 Å². The first kappa shape index (κ1) is 15.4. The molecule has 0 N–H and O–H groups in total. The van der Waals surface area contributed by atoms with Crippen LogP contribution in [-0.2, 0) is 9.73 Å². The van der Waals surface area contributed by atoms with Crippen LogP contribution >= 0.6 is 15.9 Å². The third-order valence-electron chi connectivity index (χ3n) is 3.92. The summed E-state index contributed by atoms with van der Waals surface area (Å²) in [5.41, 5.74) is 2.64. The molecule has 4 heteroatoms. The third kappa shape index (κ3) is 2.62. The molecule has 0 bridgehead atoms. The number of benzene rings is 3. The molecule has 118 valence electrons. The Bertz CT molecular complexity index is 1060. The van der Waals surface area contributed by atoms with E-state index in [1.807, 2.05) is 84.9 Å². The van der Waals surface area contributed by atoms with Crippen LogP contribution in [0.15, 0.2) is 97.5 Å². The van der Waals surface area contributed by atoms with Gasteiger partial charge < -0.3 is 0 Å². The summed E-state index contributed by atoms with van der Waals surface area (Å²) in [4.78, 5) is 1.51. The van der Waals surface area contributed by atoms with E-state index in [2.05, 4.69) is 15.9 Å². The Morgan fingerprint density at radius 1 is 0.833 bits per heavy atom. The smallest absolute Gasteiger partial charge is 0.109 e. The summed E-state index contributed by atoms with van der Waals surface area (Å²) in [6.45, 7) is 0. The highest BCUT2D eigenvalue weighted by Crippen LogP contribution is 2.36. The maximum Gasteiger partial charge on any atom is 0.109 e. The van der Waals surface area contributed by atoms with Crippen molar-refractivity contribution in [3.8, 4) is 0 Å². The fraction of sp³-hybridized carbons (Fsp3) is 0. The lowest BCUT2D eigenvalue weighted by Crippen LogP contribution is -2.07. The van der Waals surface area contributed by atoms with Gasteiger partial charge in [0.1, 0.15) is 9.73 Å². The molecule has 1 aliphatic heterocycles. The van der Waals surface area contributed by atoms with Gasteiger partial charge in [0.25, 0.3) is 0 Å². The summed E-state index contributed by atoms with van der Waals surface area (Å²) in [6, 6.07) is 25.2. The van der Waals surface area contributed by atoms with Gasteiger partial charge >= 0.3 is 0 Å². The first-order valence-corrected chi connectivity index (χ1v) is 9.86. The first-order valence-electron chi connectivity index (χ1n) is 7.56. The third-order valence-corrected chi connectivity index (χ3v) is 6.75. The highest BCUT2D eigenvalue weighted by atomic mass is 79.9. The number of hydrogen-bond acceptors (Lipinski definition) is 2. The second kappa shape index (κ2) is 6.04. The van der Waals surface area contributed by atoms with Crippen molar-refractivity contribution < 1.29 is 4.21 Å². The lowest BCUT2D eigenvalue weighted by molar-refractivity contribution is 0.676. The molecule has 2 nitrogen and oxygen atoms in total. The van der Waals surface area contributed by atoms with Crippen molar-refractivity contribution >= 4 is 37.4 Å². The predicted octanol–water partition coefficient (Wildman–Crippen LogP) is 5.85. The lowest BCUT2D eigenvalue weighted by Gasteiger charge is -2.19. The Morgan fingerprint density at radius 3 is 2.38 bits per heavy atom. The minimum absolute atomic E-state index is 0.734. The van der Waals surface area contributed by atoms with Crippen molar-refractivity contribution in [2.75, 3.05) is 0 Å². The zero-order chi connectivity index (χ0) is 16.6. The monoisotopic (exact) mass is 395 g/mol. The van der Waals surface area contributed by atoms with E-state index in [0.29, 0.717) is 0 Å². The molecule has 1 unspecified atom stereocenters. The molecule has 0 saturated carbocycles. The van der Waals surface area contributed by atoms with Crippen LogP contribution in [0.3, 0.4) is 0 Å². The summed E-state index contributed by atoms with van der Waals surface area (Å²) in [7, 11) is -2.70. The average Bonchev–Trinajstić information content (AvgIpc) is 2.62. The standard InChI is InChI=1S/C20H14BrNOS/c21-17-9-6-8-15(13-17)19-14-16-7-4-5-12-20(16)24(23,22-19)18-10-2-1-3-11-18/h1-14H. The van der Waals surface area contributed by atoms with Gasteiger partial charge in [0, 0.05) is 10.0 Å². The molecule has 1 aliphatic rings. The summed E-state index contributed by atoms with van der Waals surface area (Å²) in [5.74, 6) is 0. The van der Waals surface area contributed by atoms with Crippen molar-refractivity contribution in [3.05, 3.63) is 94.5 Å². The molecular formula is C20H14BrNOS. The highest BCUT2D eigenvalue weighted by Gasteiger charge is 2.23. The number of nitrogens with zero attached hydrogens (tertiary/aromatic N) is 1. The van der Waals surface area contributed by atoms with Gasteiger partial charge in [-0.3, -0.25) is 0 Å². The van der Waals surface area contributed by atoms with Crippen LogP contribution in [0, 0.1) is 0 Å². The zero-order valence-electron chi connectivity index (χ0n) is 12.7. The second-order valence-electron chi connectivity index (χ2n) is 5.51. The summed E-state index contributed by atoms with van der Waals surface area (Å²) in [5, 5.41) is 0. The predicted molar refractivity (Wildman–Crippen MR) is 102 cm³/mol. The van der Waals surface area contributed by atoms with Crippen molar-refractivity contribution in [1.29, 1.82) is 0 Å². The Balaban J connectivity index is 2.02. The Kier molecular flexibility index (Phi) is 3.87. The highest BCUT2D eigenvalue weighted by molar-refractivity contribution is 9.10. The SMILES string of the molecule is O=S1(c2ccccc2)=NC(c2cccc(Br)c2)=Cc2ccccc21. The van der Waals surface area contributed by atoms with Crippen LogP contribution < -0.4 is 0 Å². The first-order chi connectivity index (χ1) is 11.7. The number of hydrogen-bond donors (Lipinski definition) is 0. The van der Waals surface area contributed by atoms with Crippen LogP contribution in [0.25, 0.3) is 11.8 Å². The van der Waals surface area contributed by atoms with E-state index in [0.717, 1.165) is 31.1 Å². The molecule has 4 rings (SSSR count). The molecule has 0 spiro atoms. The molecule has 0 saturated heterocycles. The lowest BCUT2D eigenvalue weighted by atomic mass is 10.1. The number of halogens is 1. The number of fused-ring (bicyclic) bond motifs is 1. The minimum Gasteiger partial charge on any atom is -0.239 e. The van der Waals surface area contributed by atoms with Crippen molar-refractivity contribution in [2.45, 2.75) is 9.79 Å². The van der Waals surface area contributed by atoms with E-state index in [-0.39, 0.29) is 0 Å². The van der Waals surface area contributed by atoms with Gasteiger partial charge in [0.15, 0.2) is 0 Å². The maximum absolute atomic E-state index is 13.9. The van der Waals surface area contributed by atoms with Crippen molar-refractivity contribution in [3.63, 3.8) is 0 Å². The van der Waals surface area contributed by atoms with Crippen LogP contribution in [0.2, 0.25) is 0 Å². The molecule has 0 aromatic heterocycles. The maximum atomic E-state index is 13.9. The molecule has 3 aromatic carbocycles. The molecule has 3 aromatic rings. The van der Waals surface area contributed by atoms with Crippen LogP contribution in [-0.4, -0.2) is 4.21 Å². The summed E-state index contributed by atoms with van der Waals surface area (Å²) < 4.78 is 19.6. The molecule has 0 amide bonds. The Hall–Kier alpha value is -2.17. The quantitative estimate of drug-likeness (QED) is 0.535. The zero-order valence-corrected chi connectivity index (χ0v) is 15.1. The molecule has 0 fully saturated rings. The summed E-state index contributed by atoms with van der Waals surface area (Å²) in [6.07, 6.45) is 2.00. The van der Waals surface area contributed by atoms with E-state index in [4.69, 9.17) is 4.36 Å².